The van der Waals surface area contributed by atoms with Crippen molar-refractivity contribution in [2.45, 2.75) is 62.9 Å². The zero-order chi connectivity index (χ0) is 28.2. The largest absolute Gasteiger partial charge is 0.416 e. The Bertz CT molecular complexity index is 1200. The van der Waals surface area contributed by atoms with Crippen molar-refractivity contribution >= 4 is 29.1 Å². The van der Waals surface area contributed by atoms with Crippen LogP contribution in [0.15, 0.2) is 30.5 Å². The Labute approximate surface area is 228 Å². The van der Waals surface area contributed by atoms with Crippen LogP contribution in [0.1, 0.15) is 69.6 Å². The summed E-state index contributed by atoms with van der Waals surface area (Å²) in [5.74, 6) is -1.24. The highest BCUT2D eigenvalue weighted by Crippen LogP contribution is 2.39. The first-order valence-electron chi connectivity index (χ1n) is 12.9. The molecule has 4 rings (SSSR count). The summed E-state index contributed by atoms with van der Waals surface area (Å²) in [4.78, 5) is 43.3. The summed E-state index contributed by atoms with van der Waals surface area (Å²) in [5, 5.41) is 20.4. The van der Waals surface area contributed by atoms with Gasteiger partial charge in [0, 0.05) is 37.3 Å². The SMILES string of the molecule is CCNC(=O)c1cnc(C2(O)CCC(NC3CCN(C(=O)CNC(=O)c4cccc(C(F)(F)F)c4)C3)CC2)s1. The number of amides is 3. The molecular weight excluding hydrogens is 535 g/mol. The van der Waals surface area contributed by atoms with Crippen LogP contribution in [0.4, 0.5) is 13.2 Å². The van der Waals surface area contributed by atoms with Gasteiger partial charge in [0.2, 0.25) is 5.91 Å². The van der Waals surface area contributed by atoms with Crippen LogP contribution in [-0.2, 0) is 16.6 Å². The van der Waals surface area contributed by atoms with Gasteiger partial charge in [0.15, 0.2) is 0 Å². The predicted octanol–water partition coefficient (Wildman–Crippen LogP) is 2.66. The number of rotatable bonds is 8. The Kier molecular flexibility index (Phi) is 8.92. The zero-order valence-corrected chi connectivity index (χ0v) is 22.3. The van der Waals surface area contributed by atoms with Crippen molar-refractivity contribution < 1.29 is 32.7 Å². The lowest BCUT2D eigenvalue weighted by atomic mass is 9.82. The maximum absolute atomic E-state index is 12.9. The molecule has 1 aliphatic heterocycles. The van der Waals surface area contributed by atoms with E-state index in [0.717, 1.165) is 24.6 Å². The van der Waals surface area contributed by atoms with Gasteiger partial charge in [0.25, 0.3) is 11.8 Å². The van der Waals surface area contributed by atoms with E-state index in [1.54, 1.807) is 4.90 Å². The second kappa shape index (κ2) is 12.0. The first kappa shape index (κ1) is 29.0. The molecule has 2 aliphatic rings. The number of hydrogen-bond acceptors (Lipinski definition) is 7. The third-order valence-electron chi connectivity index (χ3n) is 7.14. The van der Waals surface area contributed by atoms with Crippen LogP contribution in [0.5, 0.6) is 0 Å². The molecule has 1 aromatic carbocycles. The average molecular weight is 568 g/mol. The number of carbonyl (C=O) groups is 3. The van der Waals surface area contributed by atoms with E-state index >= 15 is 0 Å². The highest BCUT2D eigenvalue weighted by Gasteiger charge is 2.39. The summed E-state index contributed by atoms with van der Waals surface area (Å²) in [6.07, 6.45) is 0.107. The van der Waals surface area contributed by atoms with Crippen molar-refractivity contribution in [3.05, 3.63) is 51.5 Å². The minimum absolute atomic E-state index is 0.0634. The molecule has 4 N–H and O–H groups in total. The number of hydrogen-bond donors (Lipinski definition) is 4. The van der Waals surface area contributed by atoms with Gasteiger partial charge in [-0.25, -0.2) is 4.98 Å². The molecule has 0 spiro atoms. The molecule has 1 aromatic heterocycles. The zero-order valence-electron chi connectivity index (χ0n) is 21.5. The molecule has 9 nitrogen and oxygen atoms in total. The van der Waals surface area contributed by atoms with E-state index in [0.29, 0.717) is 55.2 Å². The van der Waals surface area contributed by atoms with Crippen LogP contribution in [0.25, 0.3) is 0 Å². The van der Waals surface area contributed by atoms with Gasteiger partial charge >= 0.3 is 6.18 Å². The van der Waals surface area contributed by atoms with Gasteiger partial charge in [-0.3, -0.25) is 14.4 Å². The molecule has 1 saturated heterocycles. The molecule has 2 fully saturated rings. The van der Waals surface area contributed by atoms with E-state index < -0.39 is 23.2 Å². The maximum atomic E-state index is 12.9. The molecular formula is C26H32F3N5O4S. The normalized spacial score (nSPS) is 23.5. The van der Waals surface area contributed by atoms with E-state index in [2.05, 4.69) is 20.9 Å². The summed E-state index contributed by atoms with van der Waals surface area (Å²) in [6.45, 7) is 3.02. The fraction of sp³-hybridized carbons (Fsp3) is 0.538. The number of aromatic nitrogens is 1. The second-order valence-corrected chi connectivity index (χ2v) is 11.0. The average Bonchev–Trinajstić information content (AvgIpc) is 3.59. The van der Waals surface area contributed by atoms with Crippen molar-refractivity contribution in [2.24, 2.45) is 0 Å². The lowest BCUT2D eigenvalue weighted by molar-refractivity contribution is -0.137. The third-order valence-corrected chi connectivity index (χ3v) is 8.33. The standard InChI is InChI=1S/C26H32F3N5O4S/c1-2-30-23(37)20-13-32-24(39-20)25(38)9-6-18(7-10-25)33-19-8-11-34(15-19)21(35)14-31-22(36)16-4-3-5-17(12-16)26(27,28)29/h3-5,12-13,18-19,33,38H,2,6-11,14-15H2,1H3,(H,30,37)(H,31,36). The van der Waals surface area contributed by atoms with E-state index in [-0.39, 0.29) is 36.0 Å². The molecule has 1 unspecified atom stereocenters. The van der Waals surface area contributed by atoms with Gasteiger partial charge in [-0.15, -0.1) is 11.3 Å². The van der Waals surface area contributed by atoms with Crippen LogP contribution in [-0.4, -0.2) is 71.0 Å². The van der Waals surface area contributed by atoms with Crippen LogP contribution in [0, 0.1) is 0 Å². The van der Waals surface area contributed by atoms with E-state index in [1.165, 1.54) is 23.6 Å². The number of alkyl halides is 3. The predicted molar refractivity (Wildman–Crippen MR) is 138 cm³/mol. The molecule has 1 atom stereocenters. The molecule has 0 bridgehead atoms. The fourth-order valence-electron chi connectivity index (χ4n) is 4.98. The molecule has 2 heterocycles. The molecule has 3 amide bonds. The monoisotopic (exact) mass is 567 g/mol. The lowest BCUT2D eigenvalue weighted by Gasteiger charge is -2.36. The van der Waals surface area contributed by atoms with Crippen LogP contribution in [0.3, 0.4) is 0 Å². The summed E-state index contributed by atoms with van der Waals surface area (Å²) in [6, 6.07) is 4.30. The van der Waals surface area contributed by atoms with Crippen LogP contribution in [0.2, 0.25) is 0 Å². The summed E-state index contributed by atoms with van der Waals surface area (Å²) < 4.78 is 38.7. The van der Waals surface area contributed by atoms with Crippen LogP contribution >= 0.6 is 11.3 Å². The highest BCUT2D eigenvalue weighted by molar-refractivity contribution is 7.13. The van der Waals surface area contributed by atoms with Gasteiger partial charge in [-0.1, -0.05) is 6.07 Å². The molecule has 13 heteroatoms. The number of thiazole rings is 1. The smallest absolute Gasteiger partial charge is 0.383 e. The fourth-order valence-corrected chi connectivity index (χ4v) is 5.96. The molecule has 1 saturated carbocycles. The molecule has 0 radical (unpaired) electrons. The summed E-state index contributed by atoms with van der Waals surface area (Å²) in [7, 11) is 0. The van der Waals surface area contributed by atoms with Gasteiger partial charge in [0.05, 0.1) is 18.3 Å². The van der Waals surface area contributed by atoms with E-state index in [1.807, 2.05) is 6.92 Å². The number of nitrogens with one attached hydrogen (secondary N) is 3. The Balaban J connectivity index is 1.21. The Morgan fingerprint density at radius 3 is 2.56 bits per heavy atom. The molecule has 39 heavy (non-hydrogen) atoms. The minimum Gasteiger partial charge on any atom is -0.383 e. The van der Waals surface area contributed by atoms with Gasteiger partial charge in [-0.2, -0.15) is 13.2 Å². The quantitative estimate of drug-likeness (QED) is 0.389. The van der Waals surface area contributed by atoms with Crippen LogP contribution < -0.4 is 16.0 Å². The molecule has 1 aliphatic carbocycles. The van der Waals surface area contributed by atoms with Crippen molar-refractivity contribution in [1.82, 2.24) is 25.8 Å². The number of carbonyl (C=O) groups excluding carboxylic acids is 3. The lowest BCUT2D eigenvalue weighted by Crippen LogP contribution is -2.46. The van der Waals surface area contributed by atoms with Crippen molar-refractivity contribution in [1.29, 1.82) is 0 Å². The van der Waals surface area contributed by atoms with Crippen molar-refractivity contribution in [3.63, 3.8) is 0 Å². The van der Waals surface area contributed by atoms with Gasteiger partial charge in [-0.05, 0) is 57.2 Å². The Morgan fingerprint density at radius 2 is 1.87 bits per heavy atom. The number of likely N-dealkylation sites (tertiary alicyclic amines) is 1. The topological polar surface area (TPSA) is 124 Å². The summed E-state index contributed by atoms with van der Waals surface area (Å²) >= 11 is 1.21. The van der Waals surface area contributed by atoms with Crippen molar-refractivity contribution in [2.75, 3.05) is 26.2 Å². The highest BCUT2D eigenvalue weighted by atomic mass is 32.1. The van der Waals surface area contributed by atoms with Gasteiger partial charge < -0.3 is 26.0 Å². The second-order valence-electron chi connectivity index (χ2n) is 9.95. The number of benzene rings is 1. The Hall–Kier alpha value is -3.03. The van der Waals surface area contributed by atoms with E-state index in [9.17, 15) is 32.7 Å². The number of halogens is 3. The van der Waals surface area contributed by atoms with Crippen molar-refractivity contribution in [3.8, 4) is 0 Å². The first-order chi connectivity index (χ1) is 18.5. The van der Waals surface area contributed by atoms with Gasteiger partial charge in [0.1, 0.15) is 15.5 Å². The third kappa shape index (κ3) is 7.14. The van der Waals surface area contributed by atoms with E-state index in [4.69, 9.17) is 0 Å². The first-order valence-corrected chi connectivity index (χ1v) is 13.8. The minimum atomic E-state index is -4.56. The molecule has 2 aromatic rings. The number of aliphatic hydroxyl groups is 1. The number of nitrogens with zero attached hydrogens (tertiary/aromatic N) is 2. The maximum Gasteiger partial charge on any atom is 0.416 e. The summed E-state index contributed by atoms with van der Waals surface area (Å²) in [5.41, 5.74) is -2.15. The Morgan fingerprint density at radius 1 is 1.13 bits per heavy atom. The molecule has 212 valence electrons.